The summed E-state index contributed by atoms with van der Waals surface area (Å²) in [6, 6.07) is 7.50. The van der Waals surface area contributed by atoms with Crippen LogP contribution in [0.2, 0.25) is 0 Å². The van der Waals surface area contributed by atoms with E-state index >= 15 is 0 Å². The fourth-order valence-corrected chi connectivity index (χ4v) is 3.17. The highest BCUT2D eigenvalue weighted by atomic mass is 16.5. The normalized spacial score (nSPS) is 21.6. The predicted octanol–water partition coefficient (Wildman–Crippen LogP) is 2.38. The Bertz CT molecular complexity index is 567. The van der Waals surface area contributed by atoms with E-state index in [1.54, 1.807) is 7.11 Å². The van der Waals surface area contributed by atoms with E-state index in [2.05, 4.69) is 43.2 Å². The fourth-order valence-electron chi connectivity index (χ4n) is 3.17. The third-order valence-electron chi connectivity index (χ3n) is 4.59. The summed E-state index contributed by atoms with van der Waals surface area (Å²) in [6.45, 7) is 11.2. The minimum Gasteiger partial charge on any atom is -0.496 e. The Balaban J connectivity index is 1.82. The first-order chi connectivity index (χ1) is 11.8. The summed E-state index contributed by atoms with van der Waals surface area (Å²) in [6.07, 6.45) is 0.421. The quantitative estimate of drug-likeness (QED) is 0.828. The highest BCUT2D eigenvalue weighted by Crippen LogP contribution is 2.20. The second-order valence-electron chi connectivity index (χ2n) is 7.32. The maximum Gasteiger partial charge on any atom is 0.315 e. The monoisotopic (exact) mass is 349 g/mol. The van der Waals surface area contributed by atoms with Crippen LogP contribution < -0.4 is 15.4 Å². The summed E-state index contributed by atoms with van der Waals surface area (Å²) in [4.78, 5) is 14.5. The van der Waals surface area contributed by atoms with E-state index in [-0.39, 0.29) is 23.8 Å². The number of para-hydroxylation sites is 1. The Morgan fingerprint density at radius 1 is 1.24 bits per heavy atom. The van der Waals surface area contributed by atoms with Crippen molar-refractivity contribution >= 4 is 6.03 Å². The number of methoxy groups -OCH3 is 1. The van der Waals surface area contributed by atoms with Crippen LogP contribution in [0.3, 0.4) is 0 Å². The standard InChI is InChI=1S/C19H31N3O3/c1-14-11-22(12-15(2)25-14)19(3,4)13-21-18(23)20-10-16-8-6-7-9-17(16)24-5/h6-9,14-15H,10-13H2,1-5H3,(H2,20,21,23). The molecule has 1 aliphatic heterocycles. The molecule has 2 rings (SSSR count). The largest absolute Gasteiger partial charge is 0.496 e. The molecule has 1 aromatic carbocycles. The highest BCUT2D eigenvalue weighted by Gasteiger charge is 2.33. The number of benzene rings is 1. The number of morpholine rings is 1. The van der Waals surface area contributed by atoms with Gasteiger partial charge < -0.3 is 20.1 Å². The number of ether oxygens (including phenoxy) is 2. The second kappa shape index (κ2) is 8.54. The first-order valence-electron chi connectivity index (χ1n) is 8.86. The molecule has 2 atom stereocenters. The summed E-state index contributed by atoms with van der Waals surface area (Å²) in [5, 5.41) is 5.88. The number of rotatable bonds is 6. The molecule has 1 aromatic rings. The minimum atomic E-state index is -0.173. The van der Waals surface area contributed by atoms with Gasteiger partial charge in [-0.05, 0) is 33.8 Å². The molecule has 0 saturated carbocycles. The number of hydrogen-bond acceptors (Lipinski definition) is 4. The topological polar surface area (TPSA) is 62.8 Å². The van der Waals surface area contributed by atoms with Crippen molar-refractivity contribution in [2.24, 2.45) is 0 Å². The Labute approximate surface area is 150 Å². The highest BCUT2D eigenvalue weighted by molar-refractivity contribution is 5.74. The number of nitrogens with zero attached hydrogens (tertiary/aromatic N) is 1. The number of carbonyl (C=O) groups is 1. The van der Waals surface area contributed by atoms with E-state index in [0.717, 1.165) is 24.4 Å². The third kappa shape index (κ3) is 5.61. The molecule has 0 spiro atoms. The average Bonchev–Trinajstić information content (AvgIpc) is 2.57. The van der Waals surface area contributed by atoms with E-state index in [1.807, 2.05) is 24.3 Å². The van der Waals surface area contributed by atoms with Crippen LogP contribution in [0, 0.1) is 0 Å². The summed E-state index contributed by atoms with van der Waals surface area (Å²) < 4.78 is 11.1. The molecular formula is C19H31N3O3. The van der Waals surface area contributed by atoms with Crippen molar-refractivity contribution in [3.8, 4) is 5.75 Å². The average molecular weight is 349 g/mol. The Morgan fingerprint density at radius 3 is 2.52 bits per heavy atom. The molecule has 6 nitrogen and oxygen atoms in total. The minimum absolute atomic E-state index is 0.131. The number of amides is 2. The number of carbonyl (C=O) groups excluding carboxylic acids is 1. The molecule has 25 heavy (non-hydrogen) atoms. The SMILES string of the molecule is COc1ccccc1CNC(=O)NCC(C)(C)N1CC(C)OC(C)C1. The molecule has 1 aliphatic rings. The van der Waals surface area contributed by atoms with Crippen molar-refractivity contribution < 1.29 is 14.3 Å². The van der Waals surface area contributed by atoms with Gasteiger partial charge in [0.05, 0.1) is 19.3 Å². The first kappa shape index (κ1) is 19.5. The van der Waals surface area contributed by atoms with E-state index in [0.29, 0.717) is 13.1 Å². The van der Waals surface area contributed by atoms with Crippen molar-refractivity contribution in [1.29, 1.82) is 0 Å². The Morgan fingerprint density at radius 2 is 1.88 bits per heavy atom. The predicted molar refractivity (Wildman–Crippen MR) is 98.9 cm³/mol. The van der Waals surface area contributed by atoms with Gasteiger partial charge in [-0.15, -0.1) is 0 Å². The van der Waals surface area contributed by atoms with Crippen LogP contribution in [0.4, 0.5) is 4.79 Å². The summed E-state index contributed by atoms with van der Waals surface area (Å²) in [7, 11) is 1.63. The van der Waals surface area contributed by atoms with Crippen LogP contribution in [-0.2, 0) is 11.3 Å². The Kier molecular flexibility index (Phi) is 6.67. The molecule has 2 amide bonds. The van der Waals surface area contributed by atoms with E-state index in [1.165, 1.54) is 0 Å². The lowest BCUT2D eigenvalue weighted by Gasteiger charge is -2.45. The van der Waals surface area contributed by atoms with Gasteiger partial charge in [0.25, 0.3) is 0 Å². The molecule has 1 saturated heterocycles. The van der Waals surface area contributed by atoms with Crippen molar-refractivity contribution in [3.63, 3.8) is 0 Å². The fraction of sp³-hybridized carbons (Fsp3) is 0.632. The van der Waals surface area contributed by atoms with Crippen molar-refractivity contribution in [3.05, 3.63) is 29.8 Å². The van der Waals surface area contributed by atoms with Crippen molar-refractivity contribution in [2.75, 3.05) is 26.7 Å². The molecule has 2 unspecified atom stereocenters. The third-order valence-corrected chi connectivity index (χ3v) is 4.59. The van der Waals surface area contributed by atoms with Gasteiger partial charge in [-0.25, -0.2) is 4.79 Å². The lowest BCUT2D eigenvalue weighted by Crippen LogP contribution is -2.59. The molecule has 0 radical (unpaired) electrons. The molecule has 2 N–H and O–H groups in total. The van der Waals surface area contributed by atoms with Crippen LogP contribution in [0.15, 0.2) is 24.3 Å². The van der Waals surface area contributed by atoms with E-state index < -0.39 is 0 Å². The number of hydrogen-bond donors (Lipinski definition) is 2. The van der Waals surface area contributed by atoms with Crippen molar-refractivity contribution in [2.45, 2.75) is 52.0 Å². The van der Waals surface area contributed by atoms with Crippen LogP contribution in [0.1, 0.15) is 33.3 Å². The molecule has 140 valence electrons. The van der Waals surface area contributed by atoms with Gasteiger partial charge in [-0.2, -0.15) is 0 Å². The van der Waals surface area contributed by atoms with Gasteiger partial charge in [0, 0.05) is 37.3 Å². The maximum absolute atomic E-state index is 12.2. The second-order valence-corrected chi connectivity index (χ2v) is 7.32. The number of nitrogens with one attached hydrogen (secondary N) is 2. The zero-order chi connectivity index (χ0) is 18.4. The first-order valence-corrected chi connectivity index (χ1v) is 8.86. The lowest BCUT2D eigenvalue weighted by atomic mass is 10.00. The summed E-state index contributed by atoms with van der Waals surface area (Å²) in [5.41, 5.74) is 0.823. The smallest absolute Gasteiger partial charge is 0.315 e. The van der Waals surface area contributed by atoms with Crippen molar-refractivity contribution in [1.82, 2.24) is 15.5 Å². The molecule has 0 aromatic heterocycles. The van der Waals surface area contributed by atoms with Gasteiger partial charge in [0.1, 0.15) is 5.75 Å². The summed E-state index contributed by atoms with van der Waals surface area (Å²) in [5.74, 6) is 0.777. The van der Waals surface area contributed by atoms with Gasteiger partial charge in [0.15, 0.2) is 0 Å². The van der Waals surface area contributed by atoms with Crippen LogP contribution in [0.5, 0.6) is 5.75 Å². The molecule has 1 fully saturated rings. The lowest BCUT2D eigenvalue weighted by molar-refractivity contribution is -0.0947. The zero-order valence-corrected chi connectivity index (χ0v) is 16.0. The van der Waals surface area contributed by atoms with Crippen LogP contribution >= 0.6 is 0 Å². The van der Waals surface area contributed by atoms with Crippen LogP contribution in [0.25, 0.3) is 0 Å². The zero-order valence-electron chi connectivity index (χ0n) is 16.0. The maximum atomic E-state index is 12.2. The molecular weight excluding hydrogens is 318 g/mol. The van der Waals surface area contributed by atoms with Gasteiger partial charge in [-0.1, -0.05) is 18.2 Å². The van der Waals surface area contributed by atoms with E-state index in [9.17, 15) is 4.79 Å². The molecule has 0 bridgehead atoms. The van der Waals surface area contributed by atoms with E-state index in [4.69, 9.17) is 9.47 Å². The molecule has 6 heteroatoms. The Hall–Kier alpha value is -1.79. The van der Waals surface area contributed by atoms with Gasteiger partial charge >= 0.3 is 6.03 Å². The molecule has 1 heterocycles. The van der Waals surface area contributed by atoms with Gasteiger partial charge in [0.2, 0.25) is 0 Å². The number of urea groups is 1. The molecule has 0 aliphatic carbocycles. The van der Waals surface area contributed by atoms with Crippen LogP contribution in [-0.4, -0.2) is 55.4 Å². The summed E-state index contributed by atoms with van der Waals surface area (Å²) >= 11 is 0. The van der Waals surface area contributed by atoms with Gasteiger partial charge in [-0.3, -0.25) is 4.90 Å².